The summed E-state index contributed by atoms with van der Waals surface area (Å²) in [5.41, 5.74) is 1.81. The van der Waals surface area contributed by atoms with Gasteiger partial charge in [0.25, 0.3) is 5.91 Å². The van der Waals surface area contributed by atoms with Gasteiger partial charge in [-0.25, -0.2) is 13.1 Å². The maximum absolute atomic E-state index is 12.3. The quantitative estimate of drug-likeness (QED) is 0.666. The topological polar surface area (TPSA) is 92.8 Å². The van der Waals surface area contributed by atoms with Crippen molar-refractivity contribution in [1.29, 1.82) is 0 Å². The van der Waals surface area contributed by atoms with E-state index in [1.807, 2.05) is 26.0 Å². The first-order valence-corrected chi connectivity index (χ1v) is 11.0. The molecule has 1 aromatic carbocycles. The lowest BCUT2D eigenvalue weighted by Crippen LogP contribution is -2.45. The van der Waals surface area contributed by atoms with E-state index in [2.05, 4.69) is 4.72 Å². The molecule has 154 valence electrons. The van der Waals surface area contributed by atoms with Crippen molar-refractivity contribution in [3.63, 3.8) is 0 Å². The van der Waals surface area contributed by atoms with E-state index in [1.54, 1.807) is 17.0 Å². The minimum Gasteiger partial charge on any atom is -0.455 e. The van der Waals surface area contributed by atoms with Gasteiger partial charge in [-0.05, 0) is 44.2 Å². The maximum atomic E-state index is 12.3. The lowest BCUT2D eigenvalue weighted by Gasteiger charge is -2.35. The van der Waals surface area contributed by atoms with Gasteiger partial charge in [-0.15, -0.1) is 0 Å². The smallest absolute Gasteiger partial charge is 0.321 e. The van der Waals surface area contributed by atoms with Gasteiger partial charge in [-0.1, -0.05) is 36.8 Å². The van der Waals surface area contributed by atoms with E-state index in [9.17, 15) is 18.0 Å². The normalized spacial score (nSPS) is 17.6. The summed E-state index contributed by atoms with van der Waals surface area (Å²) in [6.07, 6.45) is 5.32. The van der Waals surface area contributed by atoms with E-state index in [0.29, 0.717) is 6.54 Å². The van der Waals surface area contributed by atoms with Gasteiger partial charge in [-0.2, -0.15) is 0 Å². The summed E-state index contributed by atoms with van der Waals surface area (Å²) < 4.78 is 31.0. The molecule has 0 bridgehead atoms. The molecule has 1 atom stereocenters. The first-order chi connectivity index (χ1) is 13.3. The zero-order valence-electron chi connectivity index (χ0n) is 16.4. The summed E-state index contributed by atoms with van der Waals surface area (Å²) in [5.74, 6) is -1.02. The van der Waals surface area contributed by atoms with Gasteiger partial charge in [0.1, 0.15) is 6.54 Å². The van der Waals surface area contributed by atoms with Gasteiger partial charge in [-0.3, -0.25) is 9.59 Å². The molecule has 0 unspecified atom stereocenters. The second-order valence-corrected chi connectivity index (χ2v) is 8.54. The van der Waals surface area contributed by atoms with Crippen LogP contribution in [0.25, 0.3) is 6.08 Å². The molecule has 7 nitrogen and oxygen atoms in total. The Labute approximate surface area is 166 Å². The summed E-state index contributed by atoms with van der Waals surface area (Å²) in [6, 6.07) is 7.53. The van der Waals surface area contributed by atoms with Crippen LogP contribution >= 0.6 is 0 Å². The third kappa shape index (κ3) is 7.09. The number of benzene rings is 1. The Balaban J connectivity index is 1.77. The molecular formula is C20H28N2O5S. The predicted octanol–water partition coefficient (Wildman–Crippen LogP) is 2.22. The lowest BCUT2D eigenvalue weighted by atomic mass is 10.00. The minimum absolute atomic E-state index is 0.186. The molecule has 28 heavy (non-hydrogen) atoms. The number of rotatable bonds is 8. The molecule has 0 aliphatic carbocycles. The molecule has 1 N–H and O–H groups in total. The summed E-state index contributed by atoms with van der Waals surface area (Å²) in [5, 5.41) is 0.996. The van der Waals surface area contributed by atoms with Gasteiger partial charge in [0.05, 0.1) is 0 Å². The van der Waals surface area contributed by atoms with Gasteiger partial charge >= 0.3 is 5.97 Å². The van der Waals surface area contributed by atoms with Gasteiger partial charge in [0.15, 0.2) is 6.61 Å². The number of amides is 1. The highest BCUT2D eigenvalue weighted by atomic mass is 32.2. The number of ether oxygens (including phenoxy) is 1. The number of hydrogen-bond acceptors (Lipinski definition) is 5. The molecule has 0 aromatic heterocycles. The molecule has 1 aromatic rings. The Bertz CT molecular complexity index is 802. The van der Waals surface area contributed by atoms with Crippen molar-refractivity contribution < 1.29 is 22.7 Å². The highest BCUT2D eigenvalue weighted by Crippen LogP contribution is 2.19. The maximum Gasteiger partial charge on any atom is 0.321 e. The van der Waals surface area contributed by atoms with E-state index in [1.165, 1.54) is 6.08 Å². The Morgan fingerprint density at radius 3 is 2.64 bits per heavy atom. The lowest BCUT2D eigenvalue weighted by molar-refractivity contribution is -0.152. The summed E-state index contributed by atoms with van der Waals surface area (Å²) in [7, 11) is -3.78. The number of nitrogens with one attached hydrogen (secondary N) is 1. The van der Waals surface area contributed by atoms with Crippen LogP contribution in [-0.2, 0) is 24.3 Å². The molecule has 0 spiro atoms. The van der Waals surface area contributed by atoms with Crippen molar-refractivity contribution >= 4 is 28.0 Å². The van der Waals surface area contributed by atoms with Crippen LogP contribution < -0.4 is 4.72 Å². The number of likely N-dealkylation sites (tertiary alicyclic amines) is 1. The Morgan fingerprint density at radius 1 is 1.25 bits per heavy atom. The van der Waals surface area contributed by atoms with Crippen LogP contribution in [0.4, 0.5) is 0 Å². The third-order valence-corrected chi connectivity index (χ3v) is 5.75. The molecular weight excluding hydrogens is 380 g/mol. The number of carbonyl (C=O) groups is 2. The van der Waals surface area contributed by atoms with E-state index in [4.69, 9.17) is 4.74 Å². The average molecular weight is 409 g/mol. The molecule has 1 fully saturated rings. The molecule has 1 aliphatic rings. The number of aryl methyl sites for hydroxylation is 1. The van der Waals surface area contributed by atoms with Crippen LogP contribution in [-0.4, -0.2) is 50.9 Å². The van der Waals surface area contributed by atoms with Gasteiger partial charge in [0, 0.05) is 18.0 Å². The predicted molar refractivity (Wildman–Crippen MR) is 108 cm³/mol. The van der Waals surface area contributed by atoms with Gasteiger partial charge in [0.2, 0.25) is 10.0 Å². The van der Waals surface area contributed by atoms with E-state index < -0.39 is 22.5 Å². The third-order valence-electron chi connectivity index (χ3n) is 4.71. The second kappa shape index (κ2) is 10.4. The summed E-state index contributed by atoms with van der Waals surface area (Å²) >= 11 is 0. The molecule has 1 aliphatic heterocycles. The van der Waals surface area contributed by atoms with Crippen LogP contribution in [0.3, 0.4) is 0 Å². The Kier molecular flexibility index (Phi) is 8.19. The Hall–Kier alpha value is -2.19. The van der Waals surface area contributed by atoms with Gasteiger partial charge < -0.3 is 9.64 Å². The number of nitrogens with zero attached hydrogens (tertiary/aromatic N) is 1. The van der Waals surface area contributed by atoms with Crippen LogP contribution in [0, 0.1) is 6.92 Å². The SMILES string of the molecule is CC[C@@H]1CCCCN1C(=O)COC(=O)CNS(=O)(=O)/C=C/c1ccc(C)cc1. The van der Waals surface area contributed by atoms with Crippen LogP contribution in [0.2, 0.25) is 0 Å². The Morgan fingerprint density at radius 2 is 1.96 bits per heavy atom. The molecule has 8 heteroatoms. The fourth-order valence-corrected chi connectivity index (χ4v) is 3.83. The monoisotopic (exact) mass is 408 g/mol. The number of hydrogen-bond donors (Lipinski definition) is 1. The van der Waals surface area contributed by atoms with E-state index in [0.717, 1.165) is 42.2 Å². The standard InChI is InChI=1S/C20H28N2O5S/c1-3-18-6-4-5-12-22(18)19(23)15-27-20(24)14-21-28(25,26)13-11-17-9-7-16(2)8-10-17/h7-11,13,18,21H,3-6,12,14-15H2,1-2H3/b13-11+/t18-/m1/s1. The average Bonchev–Trinajstić information content (AvgIpc) is 2.70. The van der Waals surface area contributed by atoms with Crippen molar-refractivity contribution in [2.45, 2.75) is 45.6 Å². The molecule has 2 rings (SSSR count). The summed E-state index contributed by atoms with van der Waals surface area (Å²) in [6.45, 7) is 3.75. The molecule has 0 radical (unpaired) electrons. The summed E-state index contributed by atoms with van der Waals surface area (Å²) in [4.78, 5) is 25.8. The fraction of sp³-hybridized carbons (Fsp3) is 0.500. The van der Waals surface area contributed by atoms with Crippen LogP contribution in [0.15, 0.2) is 29.7 Å². The molecule has 0 saturated carbocycles. The van der Waals surface area contributed by atoms with Crippen LogP contribution in [0.5, 0.6) is 0 Å². The first-order valence-electron chi connectivity index (χ1n) is 9.50. The fourth-order valence-electron chi connectivity index (χ4n) is 3.08. The highest BCUT2D eigenvalue weighted by Gasteiger charge is 2.25. The molecule has 1 amide bonds. The van der Waals surface area contributed by atoms with Crippen molar-refractivity contribution in [2.24, 2.45) is 0 Å². The van der Waals surface area contributed by atoms with Crippen molar-refractivity contribution in [2.75, 3.05) is 19.7 Å². The zero-order valence-corrected chi connectivity index (χ0v) is 17.2. The van der Waals surface area contributed by atoms with E-state index in [-0.39, 0.29) is 18.6 Å². The minimum atomic E-state index is -3.78. The zero-order chi connectivity index (χ0) is 20.6. The van der Waals surface area contributed by atoms with E-state index >= 15 is 0 Å². The van der Waals surface area contributed by atoms with Crippen molar-refractivity contribution in [3.8, 4) is 0 Å². The highest BCUT2D eigenvalue weighted by molar-refractivity contribution is 7.92. The van der Waals surface area contributed by atoms with Crippen molar-refractivity contribution in [1.82, 2.24) is 9.62 Å². The number of esters is 1. The van der Waals surface area contributed by atoms with Crippen LogP contribution in [0.1, 0.15) is 43.7 Å². The number of piperidine rings is 1. The number of sulfonamides is 1. The van der Waals surface area contributed by atoms with Crippen molar-refractivity contribution in [3.05, 3.63) is 40.8 Å². The second-order valence-electron chi connectivity index (χ2n) is 6.89. The molecule has 1 heterocycles. The molecule has 1 saturated heterocycles. The number of carbonyl (C=O) groups excluding carboxylic acids is 2. The largest absolute Gasteiger partial charge is 0.455 e. The first kappa shape index (κ1) is 22.1.